The van der Waals surface area contributed by atoms with Crippen molar-refractivity contribution in [2.75, 3.05) is 17.6 Å². The average molecular weight is 337 g/mol. The van der Waals surface area contributed by atoms with Crippen LogP contribution in [0.1, 0.15) is 18.9 Å². The lowest BCUT2D eigenvalue weighted by atomic mass is 10.0. The molecule has 124 valence electrons. The first kappa shape index (κ1) is 16.7. The van der Waals surface area contributed by atoms with Gasteiger partial charge in [-0.05, 0) is 61.4 Å². The molecule has 0 bridgehead atoms. The van der Waals surface area contributed by atoms with Crippen LogP contribution in [0.3, 0.4) is 0 Å². The minimum absolute atomic E-state index is 0.0772. The summed E-state index contributed by atoms with van der Waals surface area (Å²) in [7, 11) is 0.0772. The highest BCUT2D eigenvalue weighted by Gasteiger charge is 2.04. The first-order chi connectivity index (χ1) is 11.8. The number of anilines is 1. The molecule has 1 N–H and O–H groups in total. The Morgan fingerprint density at radius 3 is 2.62 bits per heavy atom. The van der Waals surface area contributed by atoms with E-state index in [9.17, 15) is 0 Å². The summed E-state index contributed by atoms with van der Waals surface area (Å²) in [6.07, 6.45) is 2.22. The number of pyridine rings is 1. The van der Waals surface area contributed by atoms with Crippen LogP contribution < -0.4 is 5.32 Å². The number of rotatable bonds is 7. The van der Waals surface area contributed by atoms with E-state index < -0.39 is 0 Å². The molecule has 24 heavy (non-hydrogen) atoms. The van der Waals surface area contributed by atoms with Crippen molar-refractivity contribution in [3.8, 4) is 0 Å². The maximum Gasteiger partial charge on any atom is 0.126 e. The fourth-order valence-electron chi connectivity index (χ4n) is 2.88. The van der Waals surface area contributed by atoms with Crippen molar-refractivity contribution in [2.45, 2.75) is 24.7 Å². The van der Waals surface area contributed by atoms with E-state index in [1.165, 1.54) is 15.8 Å². The second kappa shape index (κ2) is 8.11. The predicted molar refractivity (Wildman–Crippen MR) is 109 cm³/mol. The van der Waals surface area contributed by atoms with Crippen LogP contribution >= 0.6 is 10.5 Å². The molecule has 0 saturated heterocycles. The van der Waals surface area contributed by atoms with Crippen LogP contribution in [0.15, 0.2) is 65.6 Å². The number of fused-ring (bicyclic) bond motifs is 1. The molecular formula is C21H24N2S. The standard InChI is InChI=1S/C21H24N2S/c1-3-22-21-15-14-19-17(9-7-13-20(19)23-21)10-8-16-24(2)18-11-5-4-6-12-18/h4-7,9,11-15H,2-3,8,10,16H2,1H3,(H,22,23). The van der Waals surface area contributed by atoms with Crippen molar-refractivity contribution in [1.82, 2.24) is 4.98 Å². The summed E-state index contributed by atoms with van der Waals surface area (Å²) in [6.45, 7) is 2.98. The Hall–Kier alpha value is -2.13. The van der Waals surface area contributed by atoms with Crippen LogP contribution in [-0.4, -0.2) is 23.2 Å². The lowest BCUT2D eigenvalue weighted by Gasteiger charge is -2.10. The number of nitrogens with zero attached hydrogens (tertiary/aromatic N) is 1. The molecular weight excluding hydrogens is 312 g/mol. The Morgan fingerprint density at radius 1 is 1.00 bits per heavy atom. The maximum atomic E-state index is 4.69. The molecule has 0 fully saturated rings. The van der Waals surface area contributed by atoms with Gasteiger partial charge in [0.1, 0.15) is 5.82 Å². The number of nitrogens with one attached hydrogen (secondary N) is 1. The zero-order valence-electron chi connectivity index (χ0n) is 14.2. The van der Waals surface area contributed by atoms with E-state index >= 15 is 0 Å². The largest absolute Gasteiger partial charge is 0.370 e. The van der Waals surface area contributed by atoms with E-state index in [0.717, 1.165) is 36.5 Å². The third-order valence-electron chi connectivity index (χ3n) is 4.09. The van der Waals surface area contributed by atoms with Crippen molar-refractivity contribution >= 4 is 33.1 Å². The highest BCUT2D eigenvalue weighted by Crippen LogP contribution is 2.26. The Kier molecular flexibility index (Phi) is 5.65. The molecule has 3 heteroatoms. The maximum absolute atomic E-state index is 4.69. The van der Waals surface area contributed by atoms with Crippen molar-refractivity contribution in [1.29, 1.82) is 0 Å². The summed E-state index contributed by atoms with van der Waals surface area (Å²) in [5, 5.41) is 4.54. The Balaban J connectivity index is 1.68. The predicted octanol–water partition coefficient (Wildman–Crippen LogP) is 5.36. The normalized spacial score (nSPS) is 12.2. The minimum Gasteiger partial charge on any atom is -0.370 e. The summed E-state index contributed by atoms with van der Waals surface area (Å²) < 4.78 is 0. The van der Waals surface area contributed by atoms with Gasteiger partial charge < -0.3 is 5.32 Å². The van der Waals surface area contributed by atoms with Gasteiger partial charge in [-0.3, -0.25) is 0 Å². The molecule has 1 atom stereocenters. The lowest BCUT2D eigenvalue weighted by Crippen LogP contribution is -1.99. The van der Waals surface area contributed by atoms with Gasteiger partial charge in [-0.25, -0.2) is 4.98 Å². The van der Waals surface area contributed by atoms with Crippen LogP contribution in [-0.2, 0) is 6.42 Å². The van der Waals surface area contributed by atoms with Gasteiger partial charge >= 0.3 is 0 Å². The molecule has 3 rings (SSSR count). The monoisotopic (exact) mass is 336 g/mol. The smallest absolute Gasteiger partial charge is 0.126 e. The third kappa shape index (κ3) is 4.04. The topological polar surface area (TPSA) is 24.9 Å². The van der Waals surface area contributed by atoms with E-state index in [4.69, 9.17) is 4.98 Å². The molecule has 1 aromatic heterocycles. The molecule has 3 aromatic rings. The zero-order valence-corrected chi connectivity index (χ0v) is 15.0. The molecule has 2 nitrogen and oxygen atoms in total. The Labute approximate surface area is 146 Å². The van der Waals surface area contributed by atoms with Gasteiger partial charge in [0.15, 0.2) is 0 Å². The molecule has 0 saturated carbocycles. The average Bonchev–Trinajstić information content (AvgIpc) is 2.62. The number of hydrogen-bond donors (Lipinski definition) is 1. The molecule has 0 aliphatic heterocycles. The van der Waals surface area contributed by atoms with Crippen molar-refractivity contribution in [2.24, 2.45) is 0 Å². The van der Waals surface area contributed by atoms with Gasteiger partial charge in [0.2, 0.25) is 0 Å². The number of aromatic nitrogens is 1. The number of aryl methyl sites for hydroxylation is 1. The second-order valence-electron chi connectivity index (χ2n) is 5.82. The van der Waals surface area contributed by atoms with Gasteiger partial charge in [-0.1, -0.05) is 36.2 Å². The molecule has 0 aliphatic carbocycles. The fourth-order valence-corrected chi connectivity index (χ4v) is 4.15. The highest BCUT2D eigenvalue weighted by atomic mass is 32.2. The van der Waals surface area contributed by atoms with Gasteiger partial charge in [0.25, 0.3) is 0 Å². The minimum atomic E-state index is 0.0772. The van der Waals surface area contributed by atoms with Crippen LogP contribution in [0, 0.1) is 0 Å². The van der Waals surface area contributed by atoms with E-state index in [0.29, 0.717) is 0 Å². The molecule has 1 unspecified atom stereocenters. The van der Waals surface area contributed by atoms with Gasteiger partial charge in [0.05, 0.1) is 5.52 Å². The van der Waals surface area contributed by atoms with E-state index in [1.54, 1.807) is 0 Å². The number of benzene rings is 2. The second-order valence-corrected chi connectivity index (χ2v) is 7.69. The quantitative estimate of drug-likeness (QED) is 0.588. The third-order valence-corrected chi connectivity index (χ3v) is 5.81. The summed E-state index contributed by atoms with van der Waals surface area (Å²) >= 11 is 0. The van der Waals surface area contributed by atoms with Crippen molar-refractivity contribution in [3.05, 3.63) is 66.2 Å². The molecule has 2 aromatic carbocycles. The first-order valence-corrected chi connectivity index (χ1v) is 10.0. The first-order valence-electron chi connectivity index (χ1n) is 8.46. The van der Waals surface area contributed by atoms with Crippen LogP contribution in [0.25, 0.3) is 10.9 Å². The number of hydrogen-bond acceptors (Lipinski definition) is 2. The molecule has 0 aliphatic rings. The van der Waals surface area contributed by atoms with Crippen LogP contribution in [0.4, 0.5) is 5.82 Å². The van der Waals surface area contributed by atoms with Gasteiger partial charge in [-0.2, -0.15) is 10.5 Å². The Bertz CT molecular complexity index is 828. The van der Waals surface area contributed by atoms with E-state index in [1.807, 2.05) is 0 Å². The molecule has 0 spiro atoms. The highest BCUT2D eigenvalue weighted by molar-refractivity contribution is 8.14. The van der Waals surface area contributed by atoms with Gasteiger partial charge in [-0.15, -0.1) is 0 Å². The zero-order chi connectivity index (χ0) is 16.8. The van der Waals surface area contributed by atoms with Crippen LogP contribution in [0.2, 0.25) is 0 Å². The molecule has 1 heterocycles. The van der Waals surface area contributed by atoms with Crippen molar-refractivity contribution < 1.29 is 0 Å². The van der Waals surface area contributed by atoms with E-state index in [2.05, 4.69) is 78.8 Å². The summed E-state index contributed by atoms with van der Waals surface area (Å²) in [6, 6.07) is 21.3. The van der Waals surface area contributed by atoms with Crippen LogP contribution in [0.5, 0.6) is 0 Å². The molecule has 0 radical (unpaired) electrons. The van der Waals surface area contributed by atoms with E-state index in [-0.39, 0.29) is 10.5 Å². The van der Waals surface area contributed by atoms with Crippen molar-refractivity contribution in [3.63, 3.8) is 0 Å². The molecule has 0 amide bonds. The lowest BCUT2D eigenvalue weighted by molar-refractivity contribution is 0.940. The summed E-state index contributed by atoms with van der Waals surface area (Å²) in [5.74, 6) is 6.42. The Morgan fingerprint density at radius 2 is 1.83 bits per heavy atom. The summed E-state index contributed by atoms with van der Waals surface area (Å²) in [4.78, 5) is 6.05. The fraction of sp³-hybridized carbons (Fsp3) is 0.238. The summed E-state index contributed by atoms with van der Waals surface area (Å²) in [5.41, 5.74) is 2.45. The SMILES string of the molecule is C=S(CCCc1cccc2nc(NCC)ccc12)c1ccccc1. The van der Waals surface area contributed by atoms with Gasteiger partial charge in [0, 0.05) is 16.8 Å².